The standard InChI is InChI=1S/C12H12N6OS2/c13-18-10(7-1-2-7)15-16-12(18)21-6-8-5-9(19)17-3-4-20-11(17)14-8/h3-5,7H,1-2,6,13H2. The van der Waals surface area contributed by atoms with Crippen molar-refractivity contribution in [3.8, 4) is 0 Å². The SMILES string of the molecule is Nn1c(SCc2cc(=O)n3ccsc3n2)nnc1C1CC1. The van der Waals surface area contributed by atoms with Gasteiger partial charge in [-0.25, -0.2) is 9.66 Å². The van der Waals surface area contributed by atoms with Crippen LogP contribution < -0.4 is 11.4 Å². The van der Waals surface area contributed by atoms with Gasteiger partial charge in [0.15, 0.2) is 10.8 Å². The minimum atomic E-state index is -0.0651. The molecule has 0 spiro atoms. The molecule has 108 valence electrons. The molecule has 0 amide bonds. The molecule has 0 bridgehead atoms. The zero-order chi connectivity index (χ0) is 14.4. The van der Waals surface area contributed by atoms with Crippen molar-refractivity contribution >= 4 is 28.1 Å². The predicted octanol–water partition coefficient (Wildman–Crippen LogP) is 1.23. The number of fused-ring (bicyclic) bond motifs is 1. The fourth-order valence-corrected chi connectivity index (χ4v) is 3.60. The van der Waals surface area contributed by atoms with Gasteiger partial charge in [0.2, 0.25) is 5.16 Å². The minimum absolute atomic E-state index is 0.0651. The van der Waals surface area contributed by atoms with Gasteiger partial charge in [0.1, 0.15) is 0 Å². The van der Waals surface area contributed by atoms with Crippen LogP contribution in [0.5, 0.6) is 0 Å². The molecule has 4 rings (SSSR count). The van der Waals surface area contributed by atoms with Gasteiger partial charge in [0, 0.05) is 29.3 Å². The Morgan fingerprint density at radius 2 is 2.29 bits per heavy atom. The first kappa shape index (κ1) is 12.8. The number of rotatable bonds is 4. The largest absolute Gasteiger partial charge is 0.336 e. The molecule has 0 aromatic carbocycles. The van der Waals surface area contributed by atoms with Gasteiger partial charge in [-0.3, -0.25) is 9.20 Å². The van der Waals surface area contributed by atoms with Crippen molar-refractivity contribution in [1.82, 2.24) is 24.3 Å². The summed E-state index contributed by atoms with van der Waals surface area (Å²) < 4.78 is 3.09. The van der Waals surface area contributed by atoms with E-state index in [2.05, 4.69) is 15.2 Å². The lowest BCUT2D eigenvalue weighted by atomic mass is 10.4. The maximum absolute atomic E-state index is 11.9. The molecule has 1 saturated carbocycles. The van der Waals surface area contributed by atoms with E-state index in [1.807, 2.05) is 5.38 Å². The highest BCUT2D eigenvalue weighted by molar-refractivity contribution is 7.98. The van der Waals surface area contributed by atoms with Crippen LogP contribution in [0.2, 0.25) is 0 Å². The second-order valence-electron chi connectivity index (χ2n) is 4.92. The highest BCUT2D eigenvalue weighted by atomic mass is 32.2. The lowest BCUT2D eigenvalue weighted by Gasteiger charge is -2.02. The molecule has 0 atom stereocenters. The monoisotopic (exact) mass is 320 g/mol. The Balaban J connectivity index is 1.56. The van der Waals surface area contributed by atoms with Gasteiger partial charge in [0.05, 0.1) is 5.69 Å². The average molecular weight is 320 g/mol. The van der Waals surface area contributed by atoms with Crippen molar-refractivity contribution in [1.29, 1.82) is 0 Å². The fourth-order valence-electron chi connectivity index (χ4n) is 2.11. The summed E-state index contributed by atoms with van der Waals surface area (Å²) >= 11 is 2.89. The number of hydrogen-bond donors (Lipinski definition) is 1. The van der Waals surface area contributed by atoms with Gasteiger partial charge in [-0.05, 0) is 12.8 Å². The van der Waals surface area contributed by atoms with Crippen LogP contribution in [0.3, 0.4) is 0 Å². The van der Waals surface area contributed by atoms with E-state index in [4.69, 9.17) is 5.84 Å². The van der Waals surface area contributed by atoms with Crippen LogP contribution in [0.25, 0.3) is 4.96 Å². The third kappa shape index (κ3) is 2.32. The number of aromatic nitrogens is 5. The molecule has 1 aliphatic rings. The lowest BCUT2D eigenvalue weighted by molar-refractivity contribution is 0.789. The highest BCUT2D eigenvalue weighted by Crippen LogP contribution is 2.39. The average Bonchev–Trinajstić information content (AvgIpc) is 3.07. The third-order valence-electron chi connectivity index (χ3n) is 3.34. The van der Waals surface area contributed by atoms with Crippen LogP contribution in [-0.4, -0.2) is 24.3 Å². The molecule has 3 aromatic heterocycles. The van der Waals surface area contributed by atoms with E-state index < -0.39 is 0 Å². The molecule has 1 fully saturated rings. The molecular formula is C12H12N6OS2. The Kier molecular flexibility index (Phi) is 2.96. The summed E-state index contributed by atoms with van der Waals surface area (Å²) in [5.74, 6) is 7.85. The van der Waals surface area contributed by atoms with Gasteiger partial charge in [-0.15, -0.1) is 21.5 Å². The summed E-state index contributed by atoms with van der Waals surface area (Å²) in [4.78, 5) is 17.1. The zero-order valence-corrected chi connectivity index (χ0v) is 12.6. The van der Waals surface area contributed by atoms with Crippen LogP contribution in [0.1, 0.15) is 30.3 Å². The van der Waals surface area contributed by atoms with Gasteiger partial charge < -0.3 is 5.84 Å². The topological polar surface area (TPSA) is 91.1 Å². The molecule has 9 heteroatoms. The predicted molar refractivity (Wildman–Crippen MR) is 81.0 cm³/mol. The van der Waals surface area contributed by atoms with E-state index in [9.17, 15) is 4.79 Å². The first-order valence-electron chi connectivity index (χ1n) is 6.51. The van der Waals surface area contributed by atoms with Crippen molar-refractivity contribution in [2.24, 2.45) is 0 Å². The summed E-state index contributed by atoms with van der Waals surface area (Å²) in [6, 6.07) is 1.55. The van der Waals surface area contributed by atoms with Crippen LogP contribution in [0.4, 0.5) is 0 Å². The quantitative estimate of drug-likeness (QED) is 0.574. The van der Waals surface area contributed by atoms with Crippen LogP contribution in [0, 0.1) is 0 Å². The van der Waals surface area contributed by atoms with Crippen molar-refractivity contribution in [3.05, 3.63) is 39.5 Å². The molecule has 21 heavy (non-hydrogen) atoms. The number of nitrogen functional groups attached to an aromatic ring is 1. The minimum Gasteiger partial charge on any atom is -0.336 e. The van der Waals surface area contributed by atoms with Crippen LogP contribution in [-0.2, 0) is 5.75 Å². The van der Waals surface area contributed by atoms with E-state index in [1.165, 1.54) is 27.5 Å². The summed E-state index contributed by atoms with van der Waals surface area (Å²) in [5, 5.41) is 10.7. The Morgan fingerprint density at radius 1 is 1.43 bits per heavy atom. The normalized spacial score (nSPS) is 14.9. The van der Waals surface area contributed by atoms with Crippen molar-refractivity contribution < 1.29 is 0 Å². The molecule has 3 heterocycles. The van der Waals surface area contributed by atoms with Crippen molar-refractivity contribution in [2.75, 3.05) is 5.84 Å². The second-order valence-corrected chi connectivity index (χ2v) is 6.73. The molecule has 3 aromatic rings. The number of nitrogens with zero attached hydrogens (tertiary/aromatic N) is 5. The van der Waals surface area contributed by atoms with Crippen LogP contribution in [0.15, 0.2) is 27.6 Å². The van der Waals surface area contributed by atoms with E-state index in [1.54, 1.807) is 16.9 Å². The number of hydrogen-bond acceptors (Lipinski definition) is 7. The van der Waals surface area contributed by atoms with Gasteiger partial charge >= 0.3 is 0 Å². The fraction of sp³-hybridized carbons (Fsp3) is 0.333. The first-order valence-corrected chi connectivity index (χ1v) is 8.38. The summed E-state index contributed by atoms with van der Waals surface area (Å²) in [6.45, 7) is 0. The Labute approximate surface area is 127 Å². The van der Waals surface area contributed by atoms with E-state index in [-0.39, 0.29) is 5.56 Å². The van der Waals surface area contributed by atoms with Crippen molar-refractivity contribution in [2.45, 2.75) is 29.7 Å². The molecule has 7 nitrogen and oxygen atoms in total. The Hall–Kier alpha value is -1.87. The van der Waals surface area contributed by atoms with Gasteiger partial charge in [-0.1, -0.05) is 11.8 Å². The molecular weight excluding hydrogens is 308 g/mol. The zero-order valence-electron chi connectivity index (χ0n) is 11.0. The number of thioether (sulfide) groups is 1. The summed E-state index contributed by atoms with van der Waals surface area (Å²) in [7, 11) is 0. The maximum Gasteiger partial charge on any atom is 0.258 e. The van der Waals surface area contributed by atoms with Gasteiger partial charge in [-0.2, -0.15) is 0 Å². The second kappa shape index (κ2) is 4.85. The molecule has 0 radical (unpaired) electrons. The van der Waals surface area contributed by atoms with Crippen LogP contribution >= 0.6 is 23.1 Å². The number of nitrogens with two attached hydrogens (primary N) is 1. The summed E-state index contributed by atoms with van der Waals surface area (Å²) in [6.07, 6.45) is 3.99. The Morgan fingerprint density at radius 3 is 3.10 bits per heavy atom. The Bertz CT molecular complexity index is 862. The molecule has 0 aliphatic heterocycles. The lowest BCUT2D eigenvalue weighted by Crippen LogP contribution is -2.14. The third-order valence-corrected chi connectivity index (χ3v) is 5.07. The smallest absolute Gasteiger partial charge is 0.258 e. The molecule has 2 N–H and O–H groups in total. The molecule has 0 saturated heterocycles. The molecule has 0 unspecified atom stereocenters. The maximum atomic E-state index is 11.9. The van der Waals surface area contributed by atoms with E-state index >= 15 is 0 Å². The van der Waals surface area contributed by atoms with E-state index in [0.717, 1.165) is 24.4 Å². The summed E-state index contributed by atoms with van der Waals surface area (Å²) in [5.41, 5.74) is 0.660. The first-order chi connectivity index (χ1) is 10.2. The van der Waals surface area contributed by atoms with E-state index in [0.29, 0.717) is 21.8 Å². The highest BCUT2D eigenvalue weighted by Gasteiger charge is 2.29. The molecule has 1 aliphatic carbocycles. The van der Waals surface area contributed by atoms with Gasteiger partial charge in [0.25, 0.3) is 5.56 Å². The number of thiazole rings is 1. The van der Waals surface area contributed by atoms with Crippen molar-refractivity contribution in [3.63, 3.8) is 0 Å².